The Morgan fingerprint density at radius 2 is 2.00 bits per heavy atom. The van der Waals surface area contributed by atoms with Crippen molar-refractivity contribution in [3.05, 3.63) is 11.3 Å². The van der Waals surface area contributed by atoms with Crippen molar-refractivity contribution in [3.63, 3.8) is 0 Å². The molecule has 1 atom stereocenters. The van der Waals surface area contributed by atoms with Crippen molar-refractivity contribution in [2.45, 2.75) is 40.2 Å². The molecule has 7 nitrogen and oxygen atoms in total. The third-order valence-corrected chi connectivity index (χ3v) is 3.20. The minimum Gasteiger partial charge on any atom is -0.481 e. The number of carbonyl (C=O) groups is 2. The molecule has 0 aliphatic rings. The molecular formula is C13H22N4O3. The fraction of sp³-hybridized carbons (Fsp3) is 0.615. The average Bonchev–Trinajstić information content (AvgIpc) is 2.50. The van der Waals surface area contributed by atoms with Crippen LogP contribution in [0.25, 0.3) is 0 Å². The van der Waals surface area contributed by atoms with Gasteiger partial charge in [0.05, 0.1) is 12.1 Å². The number of carbonyl (C=O) groups excluding carboxylic acids is 1. The Kier molecular flexibility index (Phi) is 4.42. The monoisotopic (exact) mass is 282 g/mol. The van der Waals surface area contributed by atoms with E-state index >= 15 is 0 Å². The molecule has 0 spiro atoms. The van der Waals surface area contributed by atoms with E-state index in [-0.39, 0.29) is 17.9 Å². The smallest absolute Gasteiger partial charge is 0.305 e. The van der Waals surface area contributed by atoms with Crippen molar-refractivity contribution in [1.82, 2.24) is 9.78 Å². The van der Waals surface area contributed by atoms with E-state index in [2.05, 4.69) is 10.4 Å². The van der Waals surface area contributed by atoms with Crippen LogP contribution in [0.1, 0.15) is 43.2 Å². The number of aliphatic carboxylic acids is 1. The van der Waals surface area contributed by atoms with Crippen LogP contribution < -0.4 is 11.1 Å². The van der Waals surface area contributed by atoms with Crippen molar-refractivity contribution in [2.75, 3.05) is 5.32 Å². The number of amides is 1. The summed E-state index contributed by atoms with van der Waals surface area (Å²) in [4.78, 5) is 22.5. The summed E-state index contributed by atoms with van der Waals surface area (Å²) in [7, 11) is 1.68. The Morgan fingerprint density at radius 1 is 1.45 bits per heavy atom. The number of aromatic nitrogens is 2. The first-order chi connectivity index (χ1) is 9.04. The third-order valence-electron chi connectivity index (χ3n) is 3.20. The lowest BCUT2D eigenvalue weighted by molar-refractivity contribution is -0.137. The summed E-state index contributed by atoms with van der Waals surface area (Å²) in [5, 5.41) is 16.3. The van der Waals surface area contributed by atoms with Crippen LogP contribution >= 0.6 is 0 Å². The van der Waals surface area contributed by atoms with Gasteiger partial charge < -0.3 is 16.2 Å². The van der Waals surface area contributed by atoms with E-state index in [4.69, 9.17) is 10.8 Å². The maximum atomic E-state index is 11.5. The van der Waals surface area contributed by atoms with E-state index in [1.807, 2.05) is 20.8 Å². The minimum absolute atomic E-state index is 0.0636. The highest BCUT2D eigenvalue weighted by Gasteiger charge is 2.29. The van der Waals surface area contributed by atoms with E-state index in [0.29, 0.717) is 17.1 Å². The van der Waals surface area contributed by atoms with Crippen LogP contribution in [0.4, 0.5) is 5.82 Å². The molecule has 0 fully saturated rings. The summed E-state index contributed by atoms with van der Waals surface area (Å²) in [6.07, 6.45) is -0.0636. The van der Waals surface area contributed by atoms with Gasteiger partial charge in [-0.15, -0.1) is 0 Å². The Hall–Kier alpha value is -2.05. The molecule has 112 valence electrons. The number of aryl methyl sites for hydroxylation is 2. The largest absolute Gasteiger partial charge is 0.481 e. The van der Waals surface area contributed by atoms with Crippen LogP contribution in [0.5, 0.6) is 0 Å². The highest BCUT2D eigenvalue weighted by atomic mass is 16.4. The van der Waals surface area contributed by atoms with Gasteiger partial charge in [-0.3, -0.25) is 14.3 Å². The predicted octanol–water partition coefficient (Wildman–Crippen LogP) is 1.13. The molecule has 0 aromatic carbocycles. The number of rotatable bonds is 5. The topological polar surface area (TPSA) is 110 Å². The molecule has 1 unspecified atom stereocenters. The lowest BCUT2D eigenvalue weighted by Gasteiger charge is -2.31. The lowest BCUT2D eigenvalue weighted by atomic mass is 9.84. The number of primary amides is 1. The molecule has 1 aromatic rings. The zero-order valence-electron chi connectivity index (χ0n) is 12.5. The second-order valence-corrected chi connectivity index (χ2v) is 5.96. The molecule has 1 aromatic heterocycles. The number of nitrogens with two attached hydrogens (primary N) is 1. The molecular weight excluding hydrogens is 260 g/mol. The van der Waals surface area contributed by atoms with Gasteiger partial charge in [0, 0.05) is 13.1 Å². The van der Waals surface area contributed by atoms with Gasteiger partial charge in [0.2, 0.25) is 0 Å². The maximum absolute atomic E-state index is 11.5. The fourth-order valence-electron chi connectivity index (χ4n) is 2.03. The molecule has 0 saturated carbocycles. The first-order valence-electron chi connectivity index (χ1n) is 6.35. The molecule has 1 heterocycles. The molecule has 0 saturated heterocycles. The van der Waals surface area contributed by atoms with E-state index in [1.165, 1.54) is 4.68 Å². The molecule has 0 aliphatic carbocycles. The fourth-order valence-corrected chi connectivity index (χ4v) is 2.03. The summed E-state index contributed by atoms with van der Waals surface area (Å²) in [6, 6.07) is -0.354. The summed E-state index contributed by atoms with van der Waals surface area (Å²) < 4.78 is 1.51. The molecule has 0 radical (unpaired) electrons. The SMILES string of the molecule is Cc1nn(C)c(NC(CC(=O)O)C(C)(C)C)c1C(N)=O. The summed E-state index contributed by atoms with van der Waals surface area (Å²) in [6.45, 7) is 7.48. The standard InChI is InChI=1S/C13H22N4O3/c1-7-10(11(14)20)12(17(5)16-7)15-8(6-9(18)19)13(2,3)4/h8,15H,6H2,1-5H3,(H2,14,20)(H,18,19). The molecule has 7 heteroatoms. The van der Waals surface area contributed by atoms with Crippen LogP contribution in [0, 0.1) is 12.3 Å². The van der Waals surface area contributed by atoms with Gasteiger partial charge in [-0.2, -0.15) is 5.10 Å². The van der Waals surface area contributed by atoms with Crippen molar-refractivity contribution in [2.24, 2.45) is 18.2 Å². The summed E-state index contributed by atoms with van der Waals surface area (Å²) in [5.41, 5.74) is 5.88. The second kappa shape index (κ2) is 5.52. The lowest BCUT2D eigenvalue weighted by Crippen LogP contribution is -2.37. The highest BCUT2D eigenvalue weighted by molar-refractivity contribution is 5.99. The zero-order chi connectivity index (χ0) is 15.7. The van der Waals surface area contributed by atoms with Gasteiger partial charge in [-0.25, -0.2) is 0 Å². The maximum Gasteiger partial charge on any atom is 0.305 e. The Labute approximate surface area is 118 Å². The van der Waals surface area contributed by atoms with E-state index in [1.54, 1.807) is 14.0 Å². The number of carboxylic acid groups (broad SMARTS) is 1. The van der Waals surface area contributed by atoms with Crippen molar-refractivity contribution in [1.29, 1.82) is 0 Å². The molecule has 1 amide bonds. The average molecular weight is 282 g/mol. The third kappa shape index (κ3) is 3.49. The highest BCUT2D eigenvalue weighted by Crippen LogP contribution is 2.28. The summed E-state index contributed by atoms with van der Waals surface area (Å²) >= 11 is 0. The first-order valence-corrected chi connectivity index (χ1v) is 6.35. The number of hydrogen-bond donors (Lipinski definition) is 3. The van der Waals surface area contributed by atoms with Gasteiger partial charge in [-0.1, -0.05) is 20.8 Å². The van der Waals surface area contributed by atoms with Crippen molar-refractivity contribution >= 4 is 17.7 Å². The Bertz CT molecular complexity index is 528. The molecule has 0 aliphatic heterocycles. The molecule has 0 bridgehead atoms. The number of anilines is 1. The van der Waals surface area contributed by atoms with E-state index in [9.17, 15) is 9.59 Å². The normalized spacial score (nSPS) is 13.1. The van der Waals surface area contributed by atoms with Gasteiger partial charge in [-0.05, 0) is 12.3 Å². The van der Waals surface area contributed by atoms with Crippen molar-refractivity contribution in [3.8, 4) is 0 Å². The number of nitrogens with one attached hydrogen (secondary N) is 1. The quantitative estimate of drug-likeness (QED) is 0.749. The predicted molar refractivity (Wildman–Crippen MR) is 75.6 cm³/mol. The van der Waals surface area contributed by atoms with Crippen LogP contribution in [-0.2, 0) is 11.8 Å². The number of hydrogen-bond acceptors (Lipinski definition) is 4. The first kappa shape index (κ1) is 16.0. The van der Waals surface area contributed by atoms with Crippen LogP contribution in [0.3, 0.4) is 0 Å². The van der Waals surface area contributed by atoms with Crippen LogP contribution in [0.2, 0.25) is 0 Å². The second-order valence-electron chi connectivity index (χ2n) is 5.96. The minimum atomic E-state index is -0.906. The van der Waals surface area contributed by atoms with Crippen molar-refractivity contribution < 1.29 is 14.7 Å². The molecule has 1 rings (SSSR count). The van der Waals surface area contributed by atoms with Gasteiger partial charge in [0.1, 0.15) is 11.4 Å². The molecule has 20 heavy (non-hydrogen) atoms. The van der Waals surface area contributed by atoms with E-state index in [0.717, 1.165) is 0 Å². The Balaban J connectivity index is 3.18. The number of carboxylic acids is 1. The van der Waals surface area contributed by atoms with E-state index < -0.39 is 11.9 Å². The van der Waals surface area contributed by atoms with Gasteiger partial charge >= 0.3 is 5.97 Å². The zero-order valence-corrected chi connectivity index (χ0v) is 12.5. The number of nitrogens with zero attached hydrogens (tertiary/aromatic N) is 2. The van der Waals surface area contributed by atoms with Crippen LogP contribution in [0.15, 0.2) is 0 Å². The van der Waals surface area contributed by atoms with Gasteiger partial charge in [0.15, 0.2) is 0 Å². The Morgan fingerprint density at radius 3 is 2.40 bits per heavy atom. The van der Waals surface area contributed by atoms with Crippen LogP contribution in [-0.4, -0.2) is 32.8 Å². The molecule has 4 N–H and O–H groups in total. The summed E-state index contributed by atoms with van der Waals surface area (Å²) in [5.74, 6) is -1.03. The van der Waals surface area contributed by atoms with Gasteiger partial charge in [0.25, 0.3) is 5.91 Å².